The molecule has 2 heteroatoms. The normalized spacial score (nSPS) is 20.4. The fraction of sp³-hybridized carbons (Fsp3) is 0.917. The summed E-state index contributed by atoms with van der Waals surface area (Å²) < 4.78 is 6.18. The second-order valence-corrected chi connectivity index (χ2v) is 10.8. The summed E-state index contributed by atoms with van der Waals surface area (Å²) in [6, 6.07) is 0. The van der Waals surface area contributed by atoms with E-state index < -0.39 is 8.32 Å². The molecule has 1 rings (SSSR count). The maximum atomic E-state index is 6.18. The Kier molecular flexibility index (Phi) is 3.81. The first-order chi connectivity index (χ1) is 6.33. The molecule has 0 heterocycles. The minimum absolute atomic E-state index is 0.353. The number of hydrogen-bond acceptors (Lipinski definition) is 1. The number of hydrogen-bond donors (Lipinski definition) is 0. The quantitative estimate of drug-likeness (QED) is 0.640. The van der Waals surface area contributed by atoms with Crippen LogP contribution in [0.5, 0.6) is 0 Å². The van der Waals surface area contributed by atoms with Gasteiger partial charge in [-0.1, -0.05) is 33.6 Å². The van der Waals surface area contributed by atoms with Crippen LogP contribution < -0.4 is 0 Å². The van der Waals surface area contributed by atoms with Crippen LogP contribution in [0.2, 0.25) is 18.1 Å². The van der Waals surface area contributed by atoms with Crippen LogP contribution in [0.15, 0.2) is 0 Å². The molecule has 1 radical (unpaired) electrons. The Hall–Kier alpha value is 0.177. The van der Waals surface area contributed by atoms with Crippen molar-refractivity contribution in [2.24, 2.45) is 0 Å². The fourth-order valence-electron chi connectivity index (χ4n) is 1.52. The lowest BCUT2D eigenvalue weighted by atomic mass is 10.1. The van der Waals surface area contributed by atoms with Gasteiger partial charge in [0.15, 0.2) is 8.32 Å². The zero-order chi connectivity index (χ0) is 10.8. The highest BCUT2D eigenvalue weighted by Gasteiger charge is 2.37. The highest BCUT2D eigenvalue weighted by Crippen LogP contribution is 2.38. The predicted octanol–water partition coefficient (Wildman–Crippen LogP) is 4.16. The Bertz CT molecular complexity index is 175. The maximum Gasteiger partial charge on any atom is 0.192 e. The van der Waals surface area contributed by atoms with Crippen molar-refractivity contribution in [3.05, 3.63) is 5.92 Å². The van der Waals surface area contributed by atoms with E-state index in [1.165, 1.54) is 25.7 Å². The molecule has 0 aromatic rings. The topological polar surface area (TPSA) is 9.23 Å². The van der Waals surface area contributed by atoms with Crippen LogP contribution in [-0.2, 0) is 4.43 Å². The summed E-state index contributed by atoms with van der Waals surface area (Å²) in [7, 11) is -1.49. The third-order valence-corrected chi connectivity index (χ3v) is 8.23. The molecule has 0 aliphatic heterocycles. The second-order valence-electron chi connectivity index (χ2n) is 6.01. The smallest absolute Gasteiger partial charge is 0.192 e. The average Bonchev–Trinajstić information content (AvgIpc) is 2.50. The van der Waals surface area contributed by atoms with E-state index in [1.807, 2.05) is 0 Å². The standard InChI is InChI=1S/C12H25OSi/c1-12(2,3)14(4,5)13-10-11-8-6-7-9-11/h6-10H2,1-5H3. The van der Waals surface area contributed by atoms with Gasteiger partial charge in [-0.15, -0.1) is 0 Å². The third-order valence-electron chi connectivity index (χ3n) is 3.75. The summed E-state index contributed by atoms with van der Waals surface area (Å²) in [5, 5.41) is 0.353. The Labute approximate surface area is 90.4 Å². The third kappa shape index (κ3) is 3.09. The lowest BCUT2D eigenvalue weighted by Gasteiger charge is -2.36. The van der Waals surface area contributed by atoms with Crippen molar-refractivity contribution in [1.82, 2.24) is 0 Å². The van der Waals surface area contributed by atoms with E-state index in [1.54, 1.807) is 5.92 Å². The molecule has 0 spiro atoms. The minimum Gasteiger partial charge on any atom is -0.416 e. The van der Waals surface area contributed by atoms with Crippen LogP contribution in [-0.4, -0.2) is 14.9 Å². The summed E-state index contributed by atoms with van der Waals surface area (Å²) in [6.45, 7) is 12.5. The van der Waals surface area contributed by atoms with E-state index in [-0.39, 0.29) is 0 Å². The van der Waals surface area contributed by atoms with Gasteiger partial charge >= 0.3 is 0 Å². The molecule has 1 aliphatic rings. The molecular weight excluding hydrogens is 188 g/mol. The van der Waals surface area contributed by atoms with Crippen LogP contribution in [0.3, 0.4) is 0 Å². The van der Waals surface area contributed by atoms with Crippen molar-refractivity contribution in [2.45, 2.75) is 64.6 Å². The Balaban J connectivity index is 2.35. The van der Waals surface area contributed by atoms with Gasteiger partial charge in [-0.2, -0.15) is 0 Å². The van der Waals surface area contributed by atoms with E-state index in [4.69, 9.17) is 4.43 Å². The van der Waals surface area contributed by atoms with Crippen molar-refractivity contribution in [3.8, 4) is 0 Å². The number of rotatable bonds is 3. The zero-order valence-corrected chi connectivity index (χ0v) is 11.4. The molecular formula is C12H25OSi. The van der Waals surface area contributed by atoms with Gasteiger partial charge in [-0.05, 0) is 31.0 Å². The van der Waals surface area contributed by atoms with Crippen LogP contribution in [0, 0.1) is 5.92 Å². The first-order valence-corrected chi connectivity index (χ1v) is 8.71. The Morgan fingerprint density at radius 1 is 1.14 bits per heavy atom. The molecule has 0 unspecified atom stereocenters. The van der Waals surface area contributed by atoms with Crippen LogP contribution in [0.25, 0.3) is 0 Å². The van der Waals surface area contributed by atoms with Crippen molar-refractivity contribution >= 4 is 8.32 Å². The largest absolute Gasteiger partial charge is 0.416 e. The SMILES string of the molecule is CC(C)(C)[Si](C)(C)OC[C]1CCCC1. The lowest BCUT2D eigenvalue weighted by Crippen LogP contribution is -2.41. The molecule has 14 heavy (non-hydrogen) atoms. The first-order valence-electron chi connectivity index (χ1n) is 5.80. The van der Waals surface area contributed by atoms with E-state index in [9.17, 15) is 0 Å². The van der Waals surface area contributed by atoms with Crippen molar-refractivity contribution in [2.75, 3.05) is 6.61 Å². The molecule has 0 aromatic carbocycles. The van der Waals surface area contributed by atoms with Crippen molar-refractivity contribution < 1.29 is 4.43 Å². The summed E-state index contributed by atoms with van der Waals surface area (Å²) in [5.74, 6) is 1.65. The van der Waals surface area contributed by atoms with E-state index >= 15 is 0 Å². The highest BCUT2D eigenvalue weighted by atomic mass is 28.4. The molecule has 1 fully saturated rings. The van der Waals surface area contributed by atoms with E-state index in [2.05, 4.69) is 33.9 Å². The summed E-state index contributed by atoms with van der Waals surface area (Å²) in [5.41, 5.74) is 0. The van der Waals surface area contributed by atoms with Gasteiger partial charge < -0.3 is 4.43 Å². The molecule has 0 aromatic heterocycles. The van der Waals surface area contributed by atoms with Crippen molar-refractivity contribution in [1.29, 1.82) is 0 Å². The molecule has 0 amide bonds. The van der Waals surface area contributed by atoms with Crippen molar-refractivity contribution in [3.63, 3.8) is 0 Å². The molecule has 1 nitrogen and oxygen atoms in total. The molecule has 1 aliphatic carbocycles. The van der Waals surface area contributed by atoms with E-state index in [0.717, 1.165) is 6.61 Å². The minimum atomic E-state index is -1.49. The van der Waals surface area contributed by atoms with Gasteiger partial charge in [-0.25, -0.2) is 0 Å². The molecule has 1 saturated carbocycles. The van der Waals surface area contributed by atoms with Gasteiger partial charge in [0.1, 0.15) is 0 Å². The van der Waals surface area contributed by atoms with E-state index in [0.29, 0.717) is 5.04 Å². The molecule has 0 atom stereocenters. The molecule has 0 N–H and O–H groups in total. The second kappa shape index (κ2) is 4.36. The monoisotopic (exact) mass is 213 g/mol. The Morgan fingerprint density at radius 2 is 1.64 bits per heavy atom. The van der Waals surface area contributed by atoms with Crippen LogP contribution in [0.4, 0.5) is 0 Å². The van der Waals surface area contributed by atoms with Gasteiger partial charge in [0.2, 0.25) is 0 Å². The molecule has 0 saturated heterocycles. The highest BCUT2D eigenvalue weighted by molar-refractivity contribution is 6.74. The summed E-state index contributed by atoms with van der Waals surface area (Å²) in [6.07, 6.45) is 5.40. The summed E-state index contributed by atoms with van der Waals surface area (Å²) >= 11 is 0. The first kappa shape index (κ1) is 12.2. The zero-order valence-electron chi connectivity index (χ0n) is 10.4. The Morgan fingerprint density at radius 3 is 2.07 bits per heavy atom. The molecule has 0 bridgehead atoms. The van der Waals surface area contributed by atoms with Gasteiger partial charge in [0, 0.05) is 12.5 Å². The van der Waals surface area contributed by atoms with Crippen LogP contribution >= 0.6 is 0 Å². The average molecular weight is 213 g/mol. The fourth-order valence-corrected chi connectivity index (χ4v) is 2.52. The summed E-state index contributed by atoms with van der Waals surface area (Å²) in [4.78, 5) is 0. The predicted molar refractivity (Wildman–Crippen MR) is 64.9 cm³/mol. The van der Waals surface area contributed by atoms with Gasteiger partial charge in [-0.3, -0.25) is 0 Å². The van der Waals surface area contributed by atoms with Gasteiger partial charge in [0.05, 0.1) is 0 Å². The van der Waals surface area contributed by atoms with Crippen LogP contribution in [0.1, 0.15) is 46.5 Å². The lowest BCUT2D eigenvalue weighted by molar-refractivity contribution is 0.295. The maximum absolute atomic E-state index is 6.18. The van der Waals surface area contributed by atoms with Gasteiger partial charge in [0.25, 0.3) is 0 Å². The molecule has 83 valence electrons.